The summed E-state index contributed by atoms with van der Waals surface area (Å²) >= 11 is 3.93. The third-order valence-corrected chi connectivity index (χ3v) is 2.48. The molecular formula is C12H15NO4S. The molecule has 2 N–H and O–H groups in total. The Kier molecular flexibility index (Phi) is 6.07. The van der Waals surface area contributed by atoms with Gasteiger partial charge in [-0.2, -0.15) is 12.6 Å². The molecule has 0 fully saturated rings. The molecule has 0 aliphatic rings. The van der Waals surface area contributed by atoms with Gasteiger partial charge in [-0.15, -0.1) is 0 Å². The minimum atomic E-state index is -1.10. The van der Waals surface area contributed by atoms with Crippen molar-refractivity contribution < 1.29 is 19.4 Å². The molecule has 18 heavy (non-hydrogen) atoms. The van der Waals surface area contributed by atoms with Gasteiger partial charge in [-0.25, -0.2) is 9.59 Å². The second-order valence-corrected chi connectivity index (χ2v) is 4.06. The minimum Gasteiger partial charge on any atom is -0.480 e. The highest BCUT2D eigenvalue weighted by molar-refractivity contribution is 7.80. The van der Waals surface area contributed by atoms with Gasteiger partial charge in [-0.1, -0.05) is 30.3 Å². The van der Waals surface area contributed by atoms with Crippen LogP contribution in [0.25, 0.3) is 0 Å². The van der Waals surface area contributed by atoms with Crippen LogP contribution in [0.2, 0.25) is 0 Å². The maximum Gasteiger partial charge on any atom is 0.408 e. The Morgan fingerprint density at radius 1 is 1.33 bits per heavy atom. The highest BCUT2D eigenvalue weighted by atomic mass is 32.1. The van der Waals surface area contributed by atoms with Crippen LogP contribution in [0.3, 0.4) is 0 Å². The highest BCUT2D eigenvalue weighted by Crippen LogP contribution is 2.01. The van der Waals surface area contributed by atoms with E-state index in [1.807, 2.05) is 30.3 Å². The Labute approximate surface area is 111 Å². The number of rotatable bonds is 6. The van der Waals surface area contributed by atoms with Crippen molar-refractivity contribution in [1.29, 1.82) is 0 Å². The summed E-state index contributed by atoms with van der Waals surface area (Å²) in [4.78, 5) is 22.2. The van der Waals surface area contributed by atoms with Crippen LogP contribution in [-0.4, -0.2) is 29.0 Å². The van der Waals surface area contributed by atoms with E-state index < -0.39 is 18.1 Å². The molecule has 0 aliphatic heterocycles. The number of hydrogen-bond donors (Lipinski definition) is 3. The van der Waals surface area contributed by atoms with Crippen molar-refractivity contribution >= 4 is 24.7 Å². The number of aliphatic carboxylic acids is 1. The van der Waals surface area contributed by atoms with Crippen LogP contribution in [0.1, 0.15) is 12.0 Å². The normalized spacial score (nSPS) is 11.6. The molecule has 0 spiro atoms. The number of hydrogen-bond acceptors (Lipinski definition) is 4. The molecule has 1 atom stereocenters. The first kappa shape index (κ1) is 14.4. The Bertz CT molecular complexity index is 396. The van der Waals surface area contributed by atoms with Crippen molar-refractivity contribution in [3.8, 4) is 0 Å². The molecule has 0 radical (unpaired) electrons. The van der Waals surface area contributed by atoms with Crippen LogP contribution >= 0.6 is 12.6 Å². The molecule has 0 bridgehead atoms. The molecule has 5 nitrogen and oxygen atoms in total. The van der Waals surface area contributed by atoms with Crippen molar-refractivity contribution in [2.45, 2.75) is 19.1 Å². The molecule has 0 unspecified atom stereocenters. The number of benzene rings is 1. The molecule has 1 amide bonds. The van der Waals surface area contributed by atoms with Gasteiger partial charge in [0, 0.05) is 0 Å². The Morgan fingerprint density at radius 3 is 2.56 bits per heavy atom. The zero-order valence-corrected chi connectivity index (χ0v) is 10.6. The predicted molar refractivity (Wildman–Crippen MR) is 69.7 cm³/mol. The number of carboxylic acids is 1. The van der Waals surface area contributed by atoms with Crippen LogP contribution in [0.15, 0.2) is 30.3 Å². The van der Waals surface area contributed by atoms with E-state index in [1.165, 1.54) is 0 Å². The van der Waals surface area contributed by atoms with Crippen molar-refractivity contribution in [3.63, 3.8) is 0 Å². The Morgan fingerprint density at radius 2 is 2.00 bits per heavy atom. The molecule has 98 valence electrons. The average Bonchev–Trinajstić information content (AvgIpc) is 2.37. The fourth-order valence-electron chi connectivity index (χ4n) is 1.29. The molecule has 0 saturated heterocycles. The van der Waals surface area contributed by atoms with E-state index in [2.05, 4.69) is 17.9 Å². The maximum atomic E-state index is 11.4. The predicted octanol–water partition coefficient (Wildman–Crippen LogP) is 1.69. The first-order valence-electron chi connectivity index (χ1n) is 5.44. The van der Waals surface area contributed by atoms with E-state index in [9.17, 15) is 9.59 Å². The maximum absolute atomic E-state index is 11.4. The number of amides is 1. The summed E-state index contributed by atoms with van der Waals surface area (Å²) in [5, 5.41) is 11.1. The lowest BCUT2D eigenvalue weighted by atomic mass is 10.2. The number of thiol groups is 1. The highest BCUT2D eigenvalue weighted by Gasteiger charge is 2.19. The third-order valence-electron chi connectivity index (χ3n) is 2.22. The first-order chi connectivity index (χ1) is 8.63. The van der Waals surface area contributed by atoms with Crippen LogP contribution < -0.4 is 5.32 Å². The van der Waals surface area contributed by atoms with Gasteiger partial charge in [0.05, 0.1) is 0 Å². The van der Waals surface area contributed by atoms with Crippen LogP contribution in [0.5, 0.6) is 0 Å². The van der Waals surface area contributed by atoms with E-state index >= 15 is 0 Å². The first-order valence-corrected chi connectivity index (χ1v) is 6.07. The molecule has 1 rings (SSSR count). The van der Waals surface area contributed by atoms with Gasteiger partial charge in [0.25, 0.3) is 0 Å². The van der Waals surface area contributed by atoms with E-state index in [0.717, 1.165) is 5.56 Å². The van der Waals surface area contributed by atoms with E-state index in [-0.39, 0.29) is 13.0 Å². The molecule has 0 aliphatic carbocycles. The molecule has 1 aromatic carbocycles. The standard InChI is InChI=1S/C12H15NO4S/c14-11(15)10(6-7-18)13-12(16)17-8-9-4-2-1-3-5-9/h1-5,10,18H,6-8H2,(H,13,16)(H,14,15)/t10-/m0/s1. The lowest BCUT2D eigenvalue weighted by Crippen LogP contribution is -2.41. The zero-order chi connectivity index (χ0) is 13.4. The van der Waals surface area contributed by atoms with Gasteiger partial charge < -0.3 is 15.2 Å². The number of carboxylic acid groups (broad SMARTS) is 1. The van der Waals surface area contributed by atoms with E-state index in [1.54, 1.807) is 0 Å². The number of carbonyl (C=O) groups excluding carboxylic acids is 1. The summed E-state index contributed by atoms with van der Waals surface area (Å²) in [7, 11) is 0. The van der Waals surface area contributed by atoms with Crippen LogP contribution in [-0.2, 0) is 16.1 Å². The number of carbonyl (C=O) groups is 2. The summed E-state index contributed by atoms with van der Waals surface area (Å²) < 4.78 is 4.92. The van der Waals surface area contributed by atoms with E-state index in [0.29, 0.717) is 5.75 Å². The largest absolute Gasteiger partial charge is 0.480 e. The van der Waals surface area contributed by atoms with Crippen LogP contribution in [0, 0.1) is 0 Å². The molecular weight excluding hydrogens is 254 g/mol. The number of nitrogens with one attached hydrogen (secondary N) is 1. The van der Waals surface area contributed by atoms with Crippen LogP contribution in [0.4, 0.5) is 4.79 Å². The topological polar surface area (TPSA) is 75.6 Å². The van der Waals surface area contributed by atoms with Crippen molar-refractivity contribution in [1.82, 2.24) is 5.32 Å². The van der Waals surface area contributed by atoms with Crippen molar-refractivity contribution in [2.75, 3.05) is 5.75 Å². The number of alkyl carbamates (subject to hydrolysis) is 1. The van der Waals surface area contributed by atoms with E-state index in [4.69, 9.17) is 9.84 Å². The fraction of sp³-hybridized carbons (Fsp3) is 0.333. The summed E-state index contributed by atoms with van der Waals surface area (Å²) in [6, 6.07) is 8.18. The molecule has 6 heteroatoms. The van der Waals surface area contributed by atoms with Gasteiger partial charge in [0.15, 0.2) is 0 Å². The molecule has 0 heterocycles. The van der Waals surface area contributed by atoms with Gasteiger partial charge in [0.2, 0.25) is 0 Å². The summed E-state index contributed by atoms with van der Waals surface area (Å²) in [5.74, 6) is -0.726. The third kappa shape index (κ3) is 5.09. The quantitative estimate of drug-likeness (QED) is 0.687. The average molecular weight is 269 g/mol. The van der Waals surface area contributed by atoms with Crippen molar-refractivity contribution in [2.24, 2.45) is 0 Å². The molecule has 1 aromatic rings. The summed E-state index contributed by atoms with van der Waals surface area (Å²) in [5.41, 5.74) is 0.841. The fourth-order valence-corrected chi connectivity index (χ4v) is 1.55. The molecule has 0 saturated carbocycles. The zero-order valence-electron chi connectivity index (χ0n) is 9.70. The summed E-state index contributed by atoms with van der Waals surface area (Å²) in [6.07, 6.45) is -0.494. The van der Waals surface area contributed by atoms with Gasteiger partial charge in [-0.05, 0) is 17.7 Å². The second kappa shape index (κ2) is 7.60. The number of ether oxygens (including phenoxy) is 1. The van der Waals surface area contributed by atoms with Gasteiger partial charge >= 0.3 is 12.1 Å². The SMILES string of the molecule is O=C(N[C@@H](CCS)C(=O)O)OCc1ccccc1. The molecule has 0 aromatic heterocycles. The minimum absolute atomic E-state index is 0.111. The lowest BCUT2D eigenvalue weighted by Gasteiger charge is -2.13. The van der Waals surface area contributed by atoms with Gasteiger partial charge in [0.1, 0.15) is 12.6 Å². The Balaban J connectivity index is 2.39. The summed E-state index contributed by atoms with van der Waals surface area (Å²) in [6.45, 7) is 0.111. The monoisotopic (exact) mass is 269 g/mol. The van der Waals surface area contributed by atoms with Gasteiger partial charge in [-0.3, -0.25) is 0 Å². The lowest BCUT2D eigenvalue weighted by molar-refractivity contribution is -0.139. The smallest absolute Gasteiger partial charge is 0.408 e. The Hall–Kier alpha value is -1.69. The second-order valence-electron chi connectivity index (χ2n) is 3.61. The van der Waals surface area contributed by atoms with Crippen molar-refractivity contribution in [3.05, 3.63) is 35.9 Å².